The molecule has 2 rings (SSSR count). The second kappa shape index (κ2) is 4.91. The minimum absolute atomic E-state index is 0. The maximum atomic E-state index is 9.81. The van der Waals surface area contributed by atoms with Crippen molar-refractivity contribution in [2.45, 2.75) is 18.9 Å². The van der Waals surface area contributed by atoms with Gasteiger partial charge in [0.15, 0.2) is 0 Å². The van der Waals surface area contributed by atoms with Crippen molar-refractivity contribution in [1.82, 2.24) is 0 Å². The number of halogens is 3. The molecule has 15 heavy (non-hydrogen) atoms. The third-order valence-electron chi connectivity index (χ3n) is 2.58. The van der Waals surface area contributed by atoms with Crippen LogP contribution in [0, 0.1) is 5.92 Å². The van der Waals surface area contributed by atoms with Gasteiger partial charge in [-0.25, -0.2) is 0 Å². The minimum Gasteiger partial charge on any atom is -0.506 e. The third-order valence-corrected chi connectivity index (χ3v) is 3.55. The van der Waals surface area contributed by atoms with Crippen molar-refractivity contribution in [2.24, 2.45) is 11.7 Å². The van der Waals surface area contributed by atoms with Crippen LogP contribution in [0.1, 0.15) is 24.4 Å². The molecule has 0 amide bonds. The lowest BCUT2D eigenvalue weighted by Gasteiger charge is -2.15. The molecule has 1 fully saturated rings. The fraction of sp³-hybridized carbons (Fsp3) is 0.400. The predicted octanol–water partition coefficient (Wildman–Crippen LogP) is 3.64. The highest BCUT2D eigenvalue weighted by molar-refractivity contribution is 9.10. The van der Waals surface area contributed by atoms with Crippen LogP contribution in [-0.4, -0.2) is 5.11 Å². The van der Waals surface area contributed by atoms with Gasteiger partial charge in [0.2, 0.25) is 0 Å². The van der Waals surface area contributed by atoms with E-state index in [1.54, 1.807) is 12.1 Å². The summed E-state index contributed by atoms with van der Waals surface area (Å²) >= 11 is 9.26. The minimum atomic E-state index is -0.139. The third kappa shape index (κ3) is 2.59. The van der Waals surface area contributed by atoms with Crippen molar-refractivity contribution in [3.63, 3.8) is 0 Å². The number of benzene rings is 1. The van der Waals surface area contributed by atoms with Crippen LogP contribution in [0.5, 0.6) is 5.75 Å². The highest BCUT2D eigenvalue weighted by Gasteiger charge is 2.32. The van der Waals surface area contributed by atoms with Crippen molar-refractivity contribution in [3.05, 3.63) is 27.2 Å². The maximum Gasteiger partial charge on any atom is 0.136 e. The van der Waals surface area contributed by atoms with Gasteiger partial charge in [-0.15, -0.1) is 12.4 Å². The number of rotatable bonds is 2. The van der Waals surface area contributed by atoms with Gasteiger partial charge in [-0.2, -0.15) is 0 Å². The molecule has 0 spiro atoms. The summed E-state index contributed by atoms with van der Waals surface area (Å²) in [7, 11) is 0. The van der Waals surface area contributed by atoms with E-state index in [0.717, 1.165) is 12.8 Å². The Kier molecular flexibility index (Phi) is 4.29. The van der Waals surface area contributed by atoms with Gasteiger partial charge in [-0.3, -0.25) is 0 Å². The van der Waals surface area contributed by atoms with Crippen LogP contribution in [0.15, 0.2) is 16.6 Å². The molecule has 84 valence electrons. The van der Waals surface area contributed by atoms with Gasteiger partial charge in [0.05, 0.1) is 4.47 Å². The van der Waals surface area contributed by atoms with Crippen LogP contribution in [0.3, 0.4) is 0 Å². The quantitative estimate of drug-likeness (QED) is 0.875. The summed E-state index contributed by atoms with van der Waals surface area (Å²) in [6.07, 6.45) is 2.26. The zero-order chi connectivity index (χ0) is 10.3. The summed E-state index contributed by atoms with van der Waals surface area (Å²) in [5.74, 6) is 0.657. The Bertz CT molecular complexity index is 369. The van der Waals surface area contributed by atoms with E-state index in [0.29, 0.717) is 21.0 Å². The number of hydrogen-bond donors (Lipinski definition) is 2. The average Bonchev–Trinajstić information content (AvgIpc) is 2.95. The molecule has 1 aromatic carbocycles. The predicted molar refractivity (Wildman–Crippen MR) is 67.7 cm³/mol. The van der Waals surface area contributed by atoms with E-state index in [-0.39, 0.29) is 24.2 Å². The van der Waals surface area contributed by atoms with Crippen molar-refractivity contribution in [2.75, 3.05) is 0 Å². The van der Waals surface area contributed by atoms with E-state index in [2.05, 4.69) is 15.9 Å². The Morgan fingerprint density at radius 3 is 2.60 bits per heavy atom. The Hall–Kier alpha value is 0.0400. The highest BCUT2D eigenvalue weighted by Crippen LogP contribution is 2.46. The Labute approximate surface area is 108 Å². The van der Waals surface area contributed by atoms with E-state index in [1.165, 1.54) is 0 Å². The fourth-order valence-electron chi connectivity index (χ4n) is 1.56. The molecular formula is C10H12BrCl2NO. The van der Waals surface area contributed by atoms with Crippen molar-refractivity contribution in [3.8, 4) is 5.75 Å². The standard InChI is InChI=1S/C10H11BrClNO.ClH/c11-6-3-4-7(12)8(10(6)14)9(13)5-1-2-5;/h3-5,9,14H,1-2,13H2;1H/t9-;/m0./s1. The van der Waals surface area contributed by atoms with Crippen LogP contribution in [0.25, 0.3) is 0 Å². The summed E-state index contributed by atoms with van der Waals surface area (Å²) in [4.78, 5) is 0. The smallest absolute Gasteiger partial charge is 0.136 e. The number of nitrogens with two attached hydrogens (primary N) is 1. The molecule has 2 nitrogen and oxygen atoms in total. The first-order chi connectivity index (χ1) is 6.61. The number of phenols is 1. The molecule has 1 aliphatic carbocycles. The SMILES string of the molecule is Cl.N[C@H](c1c(Cl)ccc(Br)c1O)C1CC1. The van der Waals surface area contributed by atoms with E-state index < -0.39 is 0 Å². The summed E-state index contributed by atoms with van der Waals surface area (Å²) in [5.41, 5.74) is 6.68. The van der Waals surface area contributed by atoms with E-state index >= 15 is 0 Å². The van der Waals surface area contributed by atoms with E-state index in [4.69, 9.17) is 17.3 Å². The molecule has 5 heteroatoms. The van der Waals surface area contributed by atoms with Crippen molar-refractivity contribution in [1.29, 1.82) is 0 Å². The Morgan fingerprint density at radius 1 is 1.47 bits per heavy atom. The van der Waals surface area contributed by atoms with E-state index in [9.17, 15) is 5.11 Å². The highest BCUT2D eigenvalue weighted by atomic mass is 79.9. The van der Waals surface area contributed by atoms with Crippen LogP contribution < -0.4 is 5.73 Å². The van der Waals surface area contributed by atoms with Gasteiger partial charge in [0.1, 0.15) is 5.75 Å². The molecule has 0 radical (unpaired) electrons. The lowest BCUT2D eigenvalue weighted by atomic mass is 10.0. The summed E-state index contributed by atoms with van der Waals surface area (Å²) < 4.78 is 0.646. The number of aromatic hydroxyl groups is 1. The molecule has 0 bridgehead atoms. The summed E-state index contributed by atoms with van der Waals surface area (Å²) in [5, 5.41) is 10.4. The van der Waals surface area contributed by atoms with E-state index in [1.807, 2.05) is 0 Å². The second-order valence-electron chi connectivity index (χ2n) is 3.65. The zero-order valence-electron chi connectivity index (χ0n) is 7.91. The van der Waals surface area contributed by atoms with Gasteiger partial charge in [-0.05, 0) is 46.8 Å². The number of phenolic OH excluding ortho intramolecular Hbond substituents is 1. The first-order valence-corrected chi connectivity index (χ1v) is 5.71. The van der Waals surface area contributed by atoms with Gasteiger partial charge < -0.3 is 10.8 Å². The van der Waals surface area contributed by atoms with Crippen molar-refractivity contribution < 1.29 is 5.11 Å². The fourth-order valence-corrected chi connectivity index (χ4v) is 2.19. The van der Waals surface area contributed by atoms with Gasteiger partial charge >= 0.3 is 0 Å². The van der Waals surface area contributed by atoms with Gasteiger partial charge in [0.25, 0.3) is 0 Å². The van der Waals surface area contributed by atoms with Crippen LogP contribution in [-0.2, 0) is 0 Å². The molecule has 1 saturated carbocycles. The molecule has 1 atom stereocenters. The molecule has 0 heterocycles. The second-order valence-corrected chi connectivity index (χ2v) is 4.92. The molecule has 1 aliphatic rings. The molecule has 3 N–H and O–H groups in total. The van der Waals surface area contributed by atoms with Crippen LogP contribution >= 0.6 is 39.9 Å². The maximum absolute atomic E-state index is 9.81. The van der Waals surface area contributed by atoms with Gasteiger partial charge in [0, 0.05) is 16.6 Å². The molecule has 0 aromatic heterocycles. The van der Waals surface area contributed by atoms with Crippen LogP contribution in [0.2, 0.25) is 5.02 Å². The lowest BCUT2D eigenvalue weighted by molar-refractivity contribution is 0.453. The molecular weight excluding hydrogens is 301 g/mol. The molecule has 0 saturated heterocycles. The first-order valence-electron chi connectivity index (χ1n) is 4.53. The molecule has 0 unspecified atom stereocenters. The summed E-state index contributed by atoms with van der Waals surface area (Å²) in [6.45, 7) is 0. The lowest BCUT2D eigenvalue weighted by Crippen LogP contribution is -2.13. The van der Waals surface area contributed by atoms with Crippen LogP contribution in [0.4, 0.5) is 0 Å². The first kappa shape index (κ1) is 13.1. The Balaban J connectivity index is 0.00000112. The van der Waals surface area contributed by atoms with Crippen molar-refractivity contribution >= 4 is 39.9 Å². The average molecular weight is 313 g/mol. The topological polar surface area (TPSA) is 46.2 Å². The Morgan fingerprint density at radius 2 is 2.07 bits per heavy atom. The normalized spacial score (nSPS) is 17.0. The monoisotopic (exact) mass is 311 g/mol. The van der Waals surface area contributed by atoms with Gasteiger partial charge in [-0.1, -0.05) is 11.6 Å². The number of hydrogen-bond acceptors (Lipinski definition) is 2. The molecule has 0 aliphatic heterocycles. The largest absolute Gasteiger partial charge is 0.506 e. The molecule has 1 aromatic rings. The zero-order valence-corrected chi connectivity index (χ0v) is 11.1. The summed E-state index contributed by atoms with van der Waals surface area (Å²) in [6, 6.07) is 3.34.